The SMILES string of the molecule is C[C@@H]1C(=O)OC2[C@H](O)C34C5OC(=O)C3(OC3OC(=O)[C@H](OCc6ccccc6)C34C(C(C)(C)C)[C@@H]5O)[C@]21O. The Morgan fingerprint density at radius 1 is 0.974 bits per heavy atom. The molecule has 3 N–H and O–H groups in total. The molecule has 0 amide bonds. The standard InChI is InChI=1S/C27H30O11/c1-11-19(30)35-17-15(29)25-16-13(28)14(23(2,3)4)24(25)18(34-10-12-8-6-5-7-9-12)20(31)37-22(24)38-27(25,21(32)36-16)26(11,17)33/h5-9,11,13-18,22,28-29,33H,10H2,1-4H3/t11-,13+,14?,15+,16?,17?,18+,22?,24?,25?,26-,27?/m1/s1. The van der Waals surface area contributed by atoms with Crippen LogP contribution >= 0.6 is 0 Å². The molecule has 2 saturated carbocycles. The second-order valence-corrected chi connectivity index (χ2v) is 12.6. The van der Waals surface area contributed by atoms with Crippen molar-refractivity contribution in [2.45, 2.75) is 82.3 Å². The molecule has 7 rings (SSSR count). The molecule has 6 aliphatic rings. The number of carbonyl (C=O) groups is 3. The van der Waals surface area contributed by atoms with Gasteiger partial charge in [-0.1, -0.05) is 51.1 Å². The first-order valence-corrected chi connectivity index (χ1v) is 12.9. The number of ether oxygens (including phenoxy) is 5. The summed E-state index contributed by atoms with van der Waals surface area (Å²) in [4.78, 5) is 40.0. The Balaban J connectivity index is 1.50. The minimum absolute atomic E-state index is 0.0141. The molecule has 1 aromatic rings. The van der Waals surface area contributed by atoms with Crippen molar-refractivity contribution in [1.29, 1.82) is 0 Å². The van der Waals surface area contributed by atoms with Crippen LogP contribution < -0.4 is 0 Å². The van der Waals surface area contributed by atoms with E-state index >= 15 is 0 Å². The molecule has 7 unspecified atom stereocenters. The van der Waals surface area contributed by atoms with E-state index in [0.717, 1.165) is 5.56 Å². The highest BCUT2D eigenvalue weighted by Gasteiger charge is 3.05. The predicted octanol–water partition coefficient (Wildman–Crippen LogP) is -0.174. The van der Waals surface area contributed by atoms with Crippen LogP contribution in [0.15, 0.2) is 30.3 Å². The minimum Gasteiger partial charge on any atom is -0.456 e. The maximum absolute atomic E-state index is 13.8. The van der Waals surface area contributed by atoms with Gasteiger partial charge in [0, 0.05) is 5.92 Å². The van der Waals surface area contributed by atoms with Crippen LogP contribution in [-0.2, 0) is 44.7 Å². The van der Waals surface area contributed by atoms with Crippen LogP contribution in [0.5, 0.6) is 0 Å². The van der Waals surface area contributed by atoms with Crippen molar-refractivity contribution in [2.24, 2.45) is 28.1 Å². The van der Waals surface area contributed by atoms with Crippen molar-refractivity contribution in [3.63, 3.8) is 0 Å². The number of rotatable bonds is 3. The summed E-state index contributed by atoms with van der Waals surface area (Å²) in [7, 11) is 0. The fourth-order valence-electron chi connectivity index (χ4n) is 9.20. The number of hydrogen-bond donors (Lipinski definition) is 3. The summed E-state index contributed by atoms with van der Waals surface area (Å²) in [5.74, 6) is -4.79. The van der Waals surface area contributed by atoms with Crippen LogP contribution in [0.4, 0.5) is 0 Å². The zero-order chi connectivity index (χ0) is 27.2. The third-order valence-corrected chi connectivity index (χ3v) is 10.2. The van der Waals surface area contributed by atoms with Crippen LogP contribution in [0.25, 0.3) is 0 Å². The maximum Gasteiger partial charge on any atom is 0.343 e. The Morgan fingerprint density at radius 2 is 1.66 bits per heavy atom. The van der Waals surface area contributed by atoms with Gasteiger partial charge < -0.3 is 39.0 Å². The molecule has 2 spiro atoms. The molecule has 0 aromatic heterocycles. The first-order valence-electron chi connectivity index (χ1n) is 12.9. The number of fused-ring (bicyclic) bond motifs is 1. The maximum atomic E-state index is 13.8. The topological polar surface area (TPSA) is 158 Å². The molecule has 6 fully saturated rings. The fourth-order valence-corrected chi connectivity index (χ4v) is 9.20. The smallest absolute Gasteiger partial charge is 0.343 e. The first kappa shape index (κ1) is 24.5. The zero-order valence-electron chi connectivity index (χ0n) is 21.3. The van der Waals surface area contributed by atoms with E-state index in [9.17, 15) is 29.7 Å². The van der Waals surface area contributed by atoms with Gasteiger partial charge in [0.05, 0.1) is 29.5 Å². The summed E-state index contributed by atoms with van der Waals surface area (Å²) in [6.45, 7) is 6.92. The summed E-state index contributed by atoms with van der Waals surface area (Å²) >= 11 is 0. The lowest BCUT2D eigenvalue weighted by Gasteiger charge is -2.48. The molecule has 0 radical (unpaired) electrons. The molecule has 204 valence electrons. The van der Waals surface area contributed by atoms with E-state index in [1.807, 2.05) is 51.1 Å². The predicted molar refractivity (Wildman–Crippen MR) is 122 cm³/mol. The third kappa shape index (κ3) is 2.13. The summed E-state index contributed by atoms with van der Waals surface area (Å²) < 4.78 is 29.6. The highest BCUT2D eigenvalue weighted by atomic mass is 16.8. The first-order chi connectivity index (χ1) is 17.8. The molecule has 4 saturated heterocycles. The van der Waals surface area contributed by atoms with Crippen LogP contribution in [-0.4, -0.2) is 81.2 Å². The Kier molecular flexibility index (Phi) is 4.47. The quantitative estimate of drug-likeness (QED) is 0.352. The normalized spacial score (nSPS) is 51.8. The molecule has 38 heavy (non-hydrogen) atoms. The van der Waals surface area contributed by atoms with Gasteiger partial charge in [-0.15, -0.1) is 0 Å². The van der Waals surface area contributed by atoms with Gasteiger partial charge in [0.25, 0.3) is 0 Å². The van der Waals surface area contributed by atoms with Crippen LogP contribution in [0, 0.1) is 28.1 Å². The van der Waals surface area contributed by atoms with Crippen molar-refractivity contribution in [3.8, 4) is 0 Å². The number of aliphatic hydroxyl groups is 3. The largest absolute Gasteiger partial charge is 0.456 e. The number of hydrogen-bond acceptors (Lipinski definition) is 11. The Bertz CT molecular complexity index is 1260. The molecule has 0 bridgehead atoms. The van der Waals surface area contributed by atoms with Gasteiger partial charge in [-0.25, -0.2) is 9.59 Å². The molecule has 11 nitrogen and oxygen atoms in total. The van der Waals surface area contributed by atoms with E-state index < -0.39 is 94.0 Å². The van der Waals surface area contributed by atoms with E-state index in [1.165, 1.54) is 6.92 Å². The summed E-state index contributed by atoms with van der Waals surface area (Å²) in [6.07, 6.45) is -8.97. The van der Waals surface area contributed by atoms with E-state index in [-0.39, 0.29) is 6.61 Å². The Hall–Kier alpha value is -2.57. The van der Waals surface area contributed by atoms with Crippen molar-refractivity contribution in [1.82, 2.24) is 0 Å². The molecule has 4 aliphatic heterocycles. The lowest BCUT2D eigenvalue weighted by molar-refractivity contribution is -0.240. The summed E-state index contributed by atoms with van der Waals surface area (Å²) in [5.41, 5.74) is -8.32. The molecule has 11 heteroatoms. The third-order valence-electron chi connectivity index (χ3n) is 10.2. The number of esters is 3. The highest BCUT2D eigenvalue weighted by molar-refractivity contribution is 5.94. The van der Waals surface area contributed by atoms with Gasteiger partial charge >= 0.3 is 17.9 Å². The number of benzene rings is 1. The van der Waals surface area contributed by atoms with E-state index in [0.29, 0.717) is 0 Å². The van der Waals surface area contributed by atoms with Gasteiger partial charge in [-0.2, -0.15) is 0 Å². The van der Waals surface area contributed by atoms with Crippen molar-refractivity contribution in [2.75, 3.05) is 0 Å². The molecular weight excluding hydrogens is 500 g/mol. The van der Waals surface area contributed by atoms with Gasteiger partial charge in [0.1, 0.15) is 12.2 Å². The summed E-state index contributed by atoms with van der Waals surface area (Å²) in [5, 5.41) is 36.1. The second kappa shape index (κ2) is 6.95. The molecule has 12 atom stereocenters. The van der Waals surface area contributed by atoms with Crippen molar-refractivity contribution >= 4 is 17.9 Å². The van der Waals surface area contributed by atoms with E-state index in [2.05, 4.69) is 0 Å². The Morgan fingerprint density at radius 3 is 2.32 bits per heavy atom. The van der Waals surface area contributed by atoms with E-state index in [4.69, 9.17) is 23.7 Å². The zero-order valence-corrected chi connectivity index (χ0v) is 21.3. The minimum atomic E-state index is -2.36. The van der Waals surface area contributed by atoms with Gasteiger partial charge in [-0.3, -0.25) is 4.79 Å². The van der Waals surface area contributed by atoms with Crippen LogP contribution in [0.3, 0.4) is 0 Å². The van der Waals surface area contributed by atoms with E-state index in [1.54, 1.807) is 0 Å². The average Bonchev–Trinajstić information content (AvgIpc) is 3.55. The summed E-state index contributed by atoms with van der Waals surface area (Å²) in [6, 6.07) is 9.11. The second-order valence-electron chi connectivity index (χ2n) is 12.6. The highest BCUT2D eigenvalue weighted by Crippen LogP contribution is 2.84. The molecule has 1 aromatic carbocycles. The number of aliphatic hydroxyl groups excluding tert-OH is 2. The van der Waals surface area contributed by atoms with Crippen LogP contribution in [0.2, 0.25) is 0 Å². The molecule has 2 aliphatic carbocycles. The lowest BCUT2D eigenvalue weighted by Crippen LogP contribution is -2.67. The molecular formula is C27H30O11. The monoisotopic (exact) mass is 530 g/mol. The van der Waals surface area contributed by atoms with Crippen LogP contribution in [0.1, 0.15) is 33.3 Å². The molecule has 4 heterocycles. The van der Waals surface area contributed by atoms with Gasteiger partial charge in [-0.05, 0) is 17.9 Å². The van der Waals surface area contributed by atoms with Crippen molar-refractivity contribution in [3.05, 3.63) is 35.9 Å². The van der Waals surface area contributed by atoms with Crippen molar-refractivity contribution < 1.29 is 53.4 Å². The average molecular weight is 531 g/mol. The van der Waals surface area contributed by atoms with Gasteiger partial charge in [0.2, 0.25) is 11.9 Å². The number of carbonyl (C=O) groups excluding carboxylic acids is 3. The lowest BCUT2D eigenvalue weighted by atomic mass is 9.51. The fraction of sp³-hybridized carbons (Fsp3) is 0.667. The van der Waals surface area contributed by atoms with Gasteiger partial charge in [0.15, 0.2) is 17.8 Å². The Labute approximate surface area is 217 Å².